The summed E-state index contributed by atoms with van der Waals surface area (Å²) in [6, 6.07) is 13.4. The molecule has 4 heteroatoms. The molecule has 0 spiro atoms. The Morgan fingerprint density at radius 1 is 0.643 bits per heavy atom. The van der Waals surface area contributed by atoms with E-state index in [-0.39, 0.29) is 43.1 Å². The van der Waals surface area contributed by atoms with Gasteiger partial charge in [-0.05, 0) is 35.5 Å². The molecule has 1 unspecified atom stereocenters. The number of hydrogen-bond acceptors (Lipinski definition) is 0. The van der Waals surface area contributed by atoms with E-state index in [1.54, 1.807) is 0 Å². The minimum atomic E-state index is 0. The number of hydrogen-bond donors (Lipinski definition) is 0. The van der Waals surface area contributed by atoms with Gasteiger partial charge >= 0.3 is 37.7 Å². The second-order valence-corrected chi connectivity index (χ2v) is 14.0. The quantitative estimate of drug-likeness (QED) is 0.314. The number of para-hydroxylation sites is 2. The van der Waals surface area contributed by atoms with E-state index in [4.69, 9.17) is 10.6 Å². The van der Waals surface area contributed by atoms with Crippen LogP contribution in [0.4, 0.5) is 11.4 Å². The Hall–Kier alpha value is -1.55. The van der Waals surface area contributed by atoms with E-state index in [2.05, 4.69) is 139 Å². The van der Waals surface area contributed by atoms with E-state index in [9.17, 15) is 0 Å². The van der Waals surface area contributed by atoms with Crippen molar-refractivity contribution >= 4 is 11.4 Å². The van der Waals surface area contributed by atoms with Crippen LogP contribution in [0, 0.1) is 11.3 Å². The van der Waals surface area contributed by atoms with Crippen LogP contribution in [0.25, 0.3) is 10.6 Å². The van der Waals surface area contributed by atoms with Gasteiger partial charge in [-0.1, -0.05) is 172 Å². The summed E-state index contributed by atoms with van der Waals surface area (Å²) in [7, 11) is 0. The molecule has 0 bridgehead atoms. The van der Waals surface area contributed by atoms with Crippen molar-refractivity contribution in [1.29, 1.82) is 0 Å². The largest absolute Gasteiger partial charge is 1.00 e. The molecule has 0 aliphatic heterocycles. The molecule has 42 heavy (non-hydrogen) atoms. The maximum absolute atomic E-state index is 5.43. The molecular weight excluding hydrogens is 498 g/mol. The Morgan fingerprint density at radius 2 is 1.00 bits per heavy atom. The van der Waals surface area contributed by atoms with Crippen molar-refractivity contribution in [3.63, 3.8) is 0 Å². The van der Waals surface area contributed by atoms with Gasteiger partial charge in [-0.3, -0.25) is 0 Å². The zero-order valence-corrected chi connectivity index (χ0v) is 29.6. The molecule has 1 aliphatic rings. The van der Waals surface area contributed by atoms with Crippen LogP contribution in [-0.4, -0.2) is 0 Å². The van der Waals surface area contributed by atoms with E-state index < -0.39 is 0 Å². The summed E-state index contributed by atoms with van der Waals surface area (Å²) < 4.78 is 0. The first-order valence-electron chi connectivity index (χ1n) is 15.4. The van der Waals surface area contributed by atoms with Crippen LogP contribution >= 0.6 is 0 Å². The molecule has 2 nitrogen and oxygen atoms in total. The number of nitrogens with zero attached hydrogens (tertiary/aromatic N) is 2. The second-order valence-electron chi connectivity index (χ2n) is 14.0. The number of allylic oxidation sites excluding steroid dienone is 6. The Morgan fingerprint density at radius 3 is 1.33 bits per heavy atom. The van der Waals surface area contributed by atoms with Crippen molar-refractivity contribution in [3.05, 3.63) is 104 Å². The van der Waals surface area contributed by atoms with Gasteiger partial charge in [0.1, 0.15) is 0 Å². The third-order valence-corrected chi connectivity index (χ3v) is 8.35. The van der Waals surface area contributed by atoms with Gasteiger partial charge in [0.15, 0.2) is 0 Å². The van der Waals surface area contributed by atoms with Crippen molar-refractivity contribution in [1.82, 2.24) is 0 Å². The fourth-order valence-corrected chi connectivity index (χ4v) is 5.88. The topological polar surface area (TPSA) is 28.2 Å². The zero-order valence-electron chi connectivity index (χ0n) is 29.6. The van der Waals surface area contributed by atoms with E-state index >= 15 is 0 Å². The van der Waals surface area contributed by atoms with E-state index in [1.165, 1.54) is 39.1 Å². The molecule has 2 aromatic carbocycles. The minimum absolute atomic E-state index is 0. The smallest absolute Gasteiger partial charge is 0.661 e. The molecule has 218 valence electrons. The summed E-state index contributed by atoms with van der Waals surface area (Å²) in [5.41, 5.74) is 12.7. The van der Waals surface area contributed by atoms with Crippen LogP contribution in [0.3, 0.4) is 0 Å². The number of benzene rings is 2. The summed E-state index contributed by atoms with van der Waals surface area (Å²) in [6.07, 6.45) is 5.62. The maximum Gasteiger partial charge on any atom is 1.00 e. The summed E-state index contributed by atoms with van der Waals surface area (Å²) in [6.45, 7) is 29.6. The molecule has 0 N–H and O–H groups in total. The van der Waals surface area contributed by atoms with Crippen molar-refractivity contribution in [2.24, 2.45) is 11.3 Å². The molecule has 0 saturated heterocycles. The van der Waals surface area contributed by atoms with Crippen LogP contribution in [0.5, 0.6) is 0 Å². The summed E-state index contributed by atoms with van der Waals surface area (Å²) in [5, 5.41) is 10.8. The molecule has 0 fully saturated rings. The van der Waals surface area contributed by atoms with Crippen molar-refractivity contribution < 1.29 is 37.7 Å². The van der Waals surface area contributed by atoms with Gasteiger partial charge in [0.25, 0.3) is 0 Å². The van der Waals surface area contributed by atoms with Gasteiger partial charge in [-0.15, -0.1) is 11.4 Å². The van der Waals surface area contributed by atoms with Crippen LogP contribution in [-0.2, 0) is 0 Å². The first-order chi connectivity index (χ1) is 18.6. The van der Waals surface area contributed by atoms with Crippen LogP contribution in [0.15, 0.2) is 71.1 Å². The van der Waals surface area contributed by atoms with Gasteiger partial charge in [-0.25, -0.2) is 0 Å². The monoisotopic (exact) mass is 552 g/mol. The van der Waals surface area contributed by atoms with Crippen molar-refractivity contribution in [2.75, 3.05) is 0 Å². The van der Waals surface area contributed by atoms with Gasteiger partial charge in [0.2, 0.25) is 0 Å². The van der Waals surface area contributed by atoms with E-state index in [1.807, 2.05) is 0 Å². The van der Waals surface area contributed by atoms with Crippen molar-refractivity contribution in [3.8, 4) is 0 Å². The SMILES string of the molecule is C/C([N-]c1c(C(C)C)cccc1C(C)C)=C1/C=CC(C(C)(C)C)/C(=C(\C)[N-]c2c(C(C)C)cccc2C(C)C)C1.[Li+].[Li+]. The Balaban J connectivity index is 0.00000441. The van der Waals surface area contributed by atoms with E-state index in [0.717, 1.165) is 23.5 Å². The fraction of sp³-hybridized carbons (Fsp3) is 0.526. The average molecular weight is 553 g/mol. The van der Waals surface area contributed by atoms with Gasteiger partial charge < -0.3 is 10.6 Å². The third-order valence-electron chi connectivity index (χ3n) is 8.35. The molecule has 0 amide bonds. The van der Waals surface area contributed by atoms with Gasteiger partial charge in [-0.2, -0.15) is 11.4 Å². The fourth-order valence-electron chi connectivity index (χ4n) is 5.88. The molecular formula is C38H54Li2N2. The maximum atomic E-state index is 5.43. The average Bonchev–Trinajstić information content (AvgIpc) is 2.87. The van der Waals surface area contributed by atoms with Gasteiger partial charge in [0, 0.05) is 5.92 Å². The Labute approximate surface area is 283 Å². The second kappa shape index (κ2) is 16.0. The Kier molecular flexibility index (Phi) is 14.6. The zero-order chi connectivity index (χ0) is 29.9. The van der Waals surface area contributed by atoms with Crippen molar-refractivity contribution in [2.45, 2.75) is 120 Å². The first-order valence-corrected chi connectivity index (χ1v) is 15.4. The number of rotatable bonds is 8. The minimum Gasteiger partial charge on any atom is -0.661 e. The Bertz CT molecular complexity index is 1230. The predicted molar refractivity (Wildman–Crippen MR) is 177 cm³/mol. The van der Waals surface area contributed by atoms with Crippen LogP contribution in [0.1, 0.15) is 142 Å². The molecule has 0 radical (unpaired) electrons. The normalized spacial score (nSPS) is 17.8. The predicted octanol–water partition coefficient (Wildman–Crippen LogP) is 7.07. The first kappa shape index (κ1) is 38.5. The summed E-state index contributed by atoms with van der Waals surface area (Å²) >= 11 is 0. The molecule has 1 aliphatic carbocycles. The van der Waals surface area contributed by atoms with E-state index in [0.29, 0.717) is 29.6 Å². The standard InChI is InChI=1S/C38H54N2.2Li/c1-23(2)30-16-14-17-31(24(3)4)36(30)39-27(9)29-20-21-35(38(11,12)13)34(22-29)28(10)40-37-32(25(5)6)18-15-19-33(37)26(7)8;;/h14-21,23-26,35H,22H2,1-13H3;;/q-2;2*+1/b29-27+,34-28+;;. The molecule has 1 atom stereocenters. The molecule has 2 aromatic rings. The molecule has 0 heterocycles. The summed E-state index contributed by atoms with van der Waals surface area (Å²) in [4.78, 5) is 0. The van der Waals surface area contributed by atoms with Gasteiger partial charge in [0.05, 0.1) is 0 Å². The third kappa shape index (κ3) is 8.99. The molecule has 0 saturated carbocycles. The molecule has 3 rings (SSSR count). The summed E-state index contributed by atoms with van der Waals surface area (Å²) in [5.74, 6) is 2.03. The van der Waals surface area contributed by atoms with Crippen LogP contribution < -0.4 is 37.7 Å². The molecule has 0 aromatic heterocycles. The van der Waals surface area contributed by atoms with Crippen LogP contribution in [0.2, 0.25) is 0 Å².